The van der Waals surface area contributed by atoms with Crippen LogP contribution in [0.5, 0.6) is 0 Å². The van der Waals surface area contributed by atoms with Crippen LogP contribution >= 0.6 is 11.3 Å². The molecule has 1 amide bonds. The lowest BCUT2D eigenvalue weighted by atomic mass is 10.3. The van der Waals surface area contributed by atoms with Crippen LogP contribution in [0.2, 0.25) is 0 Å². The summed E-state index contributed by atoms with van der Waals surface area (Å²) in [7, 11) is 1.57. The van der Waals surface area contributed by atoms with E-state index in [1.807, 2.05) is 13.8 Å². The van der Waals surface area contributed by atoms with Gasteiger partial charge >= 0.3 is 0 Å². The second kappa shape index (κ2) is 6.42. The number of carbonyl (C=O) groups is 1. The predicted molar refractivity (Wildman–Crippen MR) is 79.2 cm³/mol. The molecule has 0 aromatic carbocycles. The summed E-state index contributed by atoms with van der Waals surface area (Å²) >= 11 is 1.72. The Morgan fingerprint density at radius 1 is 1.30 bits per heavy atom. The Labute approximate surface area is 121 Å². The fraction of sp³-hybridized carbons (Fsp3) is 0.385. The summed E-state index contributed by atoms with van der Waals surface area (Å²) in [6, 6.07) is 3.40. The summed E-state index contributed by atoms with van der Waals surface area (Å²) in [5, 5.41) is 14.6. The molecule has 2 rings (SSSR count). The number of nitrogens with one attached hydrogen (secondary N) is 2. The van der Waals surface area contributed by atoms with Gasteiger partial charge in [0, 0.05) is 24.9 Å². The van der Waals surface area contributed by atoms with Gasteiger partial charge in [-0.05, 0) is 26.0 Å². The van der Waals surface area contributed by atoms with E-state index >= 15 is 0 Å². The number of aryl methyl sites for hydroxylation is 2. The Kier molecular flexibility index (Phi) is 4.62. The van der Waals surface area contributed by atoms with Crippen molar-refractivity contribution in [1.29, 1.82) is 0 Å². The molecule has 0 radical (unpaired) electrons. The van der Waals surface area contributed by atoms with Gasteiger partial charge in [-0.1, -0.05) is 0 Å². The van der Waals surface area contributed by atoms with Crippen molar-refractivity contribution in [2.75, 3.05) is 18.9 Å². The van der Waals surface area contributed by atoms with Gasteiger partial charge in [-0.25, -0.2) is 4.98 Å². The Balaban J connectivity index is 1.88. The van der Waals surface area contributed by atoms with Crippen molar-refractivity contribution in [3.05, 3.63) is 33.4 Å². The molecule has 2 heterocycles. The maximum absolute atomic E-state index is 11.3. The van der Waals surface area contributed by atoms with Gasteiger partial charge in [0.25, 0.3) is 5.91 Å². The average Bonchev–Trinajstić information content (AvgIpc) is 2.77. The van der Waals surface area contributed by atoms with Crippen LogP contribution in [0, 0.1) is 13.8 Å². The van der Waals surface area contributed by atoms with Crippen LogP contribution in [0.4, 0.5) is 5.82 Å². The standard InChI is InChI=1S/C13H17N5OS/c1-8-11(20-9(2)16-8)6-7-15-12-5-4-10(17-18-12)13(19)14-3/h4-5H,6-7H2,1-3H3,(H,14,19)(H,15,18). The van der Waals surface area contributed by atoms with E-state index < -0.39 is 0 Å². The monoisotopic (exact) mass is 291 g/mol. The lowest BCUT2D eigenvalue weighted by Crippen LogP contribution is -2.20. The summed E-state index contributed by atoms with van der Waals surface area (Å²) in [4.78, 5) is 17.0. The summed E-state index contributed by atoms with van der Waals surface area (Å²) < 4.78 is 0. The number of thiazole rings is 1. The Morgan fingerprint density at radius 3 is 2.65 bits per heavy atom. The summed E-state index contributed by atoms with van der Waals surface area (Å²) in [6.45, 7) is 4.80. The minimum Gasteiger partial charge on any atom is -0.368 e. The normalized spacial score (nSPS) is 10.3. The van der Waals surface area contributed by atoms with Gasteiger partial charge in [0.2, 0.25) is 0 Å². The number of aromatic nitrogens is 3. The molecule has 0 unspecified atom stereocenters. The van der Waals surface area contributed by atoms with Gasteiger partial charge in [0.1, 0.15) is 5.82 Å². The smallest absolute Gasteiger partial charge is 0.271 e. The first-order chi connectivity index (χ1) is 9.60. The molecule has 6 nitrogen and oxygen atoms in total. The molecule has 20 heavy (non-hydrogen) atoms. The van der Waals surface area contributed by atoms with Crippen LogP contribution in [0.25, 0.3) is 0 Å². The van der Waals surface area contributed by atoms with Crippen LogP contribution in [-0.4, -0.2) is 34.7 Å². The third-order valence-electron chi connectivity index (χ3n) is 2.78. The third-order valence-corrected chi connectivity index (χ3v) is 3.91. The lowest BCUT2D eigenvalue weighted by Gasteiger charge is -2.04. The largest absolute Gasteiger partial charge is 0.368 e. The topological polar surface area (TPSA) is 79.8 Å². The zero-order chi connectivity index (χ0) is 14.5. The Bertz CT molecular complexity index is 593. The number of anilines is 1. The van der Waals surface area contributed by atoms with Crippen molar-refractivity contribution in [2.24, 2.45) is 0 Å². The van der Waals surface area contributed by atoms with Crippen LogP contribution < -0.4 is 10.6 Å². The van der Waals surface area contributed by atoms with E-state index in [0.29, 0.717) is 11.5 Å². The zero-order valence-electron chi connectivity index (χ0n) is 11.7. The molecule has 7 heteroatoms. The number of nitrogens with zero attached hydrogens (tertiary/aromatic N) is 3. The highest BCUT2D eigenvalue weighted by atomic mass is 32.1. The third kappa shape index (κ3) is 3.51. The Hall–Kier alpha value is -2.02. The molecular formula is C13H17N5OS. The van der Waals surface area contributed by atoms with Crippen molar-refractivity contribution >= 4 is 23.1 Å². The maximum atomic E-state index is 11.3. The predicted octanol–water partition coefficient (Wildman–Crippen LogP) is 1.56. The van der Waals surface area contributed by atoms with Gasteiger partial charge in [0.05, 0.1) is 10.7 Å². The molecule has 2 aromatic heterocycles. The van der Waals surface area contributed by atoms with Crippen molar-refractivity contribution < 1.29 is 4.79 Å². The highest BCUT2D eigenvalue weighted by Crippen LogP contribution is 2.17. The van der Waals surface area contributed by atoms with Gasteiger partial charge in [-0.15, -0.1) is 21.5 Å². The molecule has 0 aliphatic carbocycles. The highest BCUT2D eigenvalue weighted by Gasteiger charge is 2.06. The van der Waals surface area contributed by atoms with E-state index in [-0.39, 0.29) is 5.91 Å². The molecule has 2 aromatic rings. The van der Waals surface area contributed by atoms with Gasteiger partial charge in [-0.2, -0.15) is 0 Å². The van der Waals surface area contributed by atoms with E-state index in [4.69, 9.17) is 0 Å². The van der Waals surface area contributed by atoms with Crippen molar-refractivity contribution in [2.45, 2.75) is 20.3 Å². The summed E-state index contributed by atoms with van der Waals surface area (Å²) in [5.41, 5.74) is 1.40. The summed E-state index contributed by atoms with van der Waals surface area (Å²) in [5.74, 6) is 0.427. The Morgan fingerprint density at radius 2 is 2.10 bits per heavy atom. The lowest BCUT2D eigenvalue weighted by molar-refractivity contribution is 0.0957. The molecule has 0 aliphatic rings. The first kappa shape index (κ1) is 14.4. The van der Waals surface area contributed by atoms with Gasteiger partial charge in [0.15, 0.2) is 5.69 Å². The van der Waals surface area contributed by atoms with Crippen molar-refractivity contribution in [3.8, 4) is 0 Å². The molecule has 0 saturated heterocycles. The molecule has 0 spiro atoms. The second-order valence-electron chi connectivity index (χ2n) is 4.30. The van der Waals surface area contributed by atoms with E-state index in [9.17, 15) is 4.79 Å². The number of rotatable bonds is 5. The number of carbonyl (C=O) groups excluding carboxylic acids is 1. The first-order valence-electron chi connectivity index (χ1n) is 6.32. The molecule has 0 atom stereocenters. The van der Waals surface area contributed by atoms with E-state index in [2.05, 4.69) is 25.8 Å². The summed E-state index contributed by atoms with van der Waals surface area (Å²) in [6.07, 6.45) is 0.899. The van der Waals surface area contributed by atoms with Gasteiger partial charge in [-0.3, -0.25) is 4.79 Å². The van der Waals surface area contributed by atoms with Crippen molar-refractivity contribution in [3.63, 3.8) is 0 Å². The van der Waals surface area contributed by atoms with Crippen molar-refractivity contribution in [1.82, 2.24) is 20.5 Å². The van der Waals surface area contributed by atoms with Crippen LogP contribution in [0.1, 0.15) is 26.1 Å². The minimum absolute atomic E-state index is 0.236. The fourth-order valence-corrected chi connectivity index (χ4v) is 2.72. The molecule has 2 N–H and O–H groups in total. The number of hydrogen-bond acceptors (Lipinski definition) is 6. The zero-order valence-corrected chi connectivity index (χ0v) is 12.5. The first-order valence-corrected chi connectivity index (χ1v) is 7.14. The van der Waals surface area contributed by atoms with Crippen LogP contribution in [0.3, 0.4) is 0 Å². The van der Waals surface area contributed by atoms with Crippen LogP contribution in [-0.2, 0) is 6.42 Å². The number of amides is 1. The minimum atomic E-state index is -0.236. The molecule has 0 fully saturated rings. The maximum Gasteiger partial charge on any atom is 0.271 e. The molecular weight excluding hydrogens is 274 g/mol. The number of hydrogen-bond donors (Lipinski definition) is 2. The van der Waals surface area contributed by atoms with E-state index in [1.54, 1.807) is 30.5 Å². The quantitative estimate of drug-likeness (QED) is 0.874. The molecule has 0 bridgehead atoms. The SMILES string of the molecule is CNC(=O)c1ccc(NCCc2sc(C)nc2C)nn1. The highest BCUT2D eigenvalue weighted by molar-refractivity contribution is 7.11. The molecule has 0 aliphatic heterocycles. The van der Waals surface area contributed by atoms with E-state index in [0.717, 1.165) is 23.7 Å². The van der Waals surface area contributed by atoms with Crippen LogP contribution in [0.15, 0.2) is 12.1 Å². The average molecular weight is 291 g/mol. The van der Waals surface area contributed by atoms with Gasteiger partial charge < -0.3 is 10.6 Å². The molecule has 106 valence electrons. The molecule has 0 saturated carbocycles. The fourth-order valence-electron chi connectivity index (χ4n) is 1.79. The second-order valence-corrected chi connectivity index (χ2v) is 5.59. The van der Waals surface area contributed by atoms with E-state index in [1.165, 1.54) is 4.88 Å².